The number of nitrogens with zero attached hydrogens (tertiary/aromatic N) is 1. The van der Waals surface area contributed by atoms with Crippen LogP contribution >= 0.6 is 23.7 Å². The highest BCUT2D eigenvalue weighted by Gasteiger charge is 2.29. The molecule has 0 fully saturated rings. The molecule has 2 aromatic rings. The van der Waals surface area contributed by atoms with Gasteiger partial charge in [-0.2, -0.15) is 0 Å². The Bertz CT molecular complexity index is 792. The van der Waals surface area contributed by atoms with Crippen LogP contribution in [-0.2, 0) is 28.9 Å². The van der Waals surface area contributed by atoms with Crippen molar-refractivity contribution in [1.82, 2.24) is 4.90 Å². The first-order chi connectivity index (χ1) is 12.6. The Morgan fingerprint density at radius 3 is 2.63 bits per heavy atom. The standard InChI is InChI=1S/C20H24N2O3S.ClH/c1-3-22-11-10-15-16(13-22)26-19(18(15)20(24)25-4-2)21-17(23)12-14-8-6-5-7-9-14;/h5-9H,3-4,10-13H2,1-2H3,(H,21,23);1H. The lowest BCUT2D eigenvalue weighted by atomic mass is 10.0. The third-order valence-electron chi connectivity index (χ3n) is 4.52. The van der Waals surface area contributed by atoms with E-state index >= 15 is 0 Å². The quantitative estimate of drug-likeness (QED) is 0.736. The van der Waals surface area contributed by atoms with Crippen LogP contribution in [-0.4, -0.2) is 36.5 Å². The summed E-state index contributed by atoms with van der Waals surface area (Å²) in [6.07, 6.45) is 1.09. The second kappa shape index (κ2) is 9.88. The van der Waals surface area contributed by atoms with Crippen molar-refractivity contribution in [1.29, 1.82) is 0 Å². The summed E-state index contributed by atoms with van der Waals surface area (Å²) in [4.78, 5) is 28.5. The molecule has 0 aliphatic carbocycles. The number of hydrogen-bond donors (Lipinski definition) is 1. The van der Waals surface area contributed by atoms with Gasteiger partial charge in [-0.05, 0) is 31.0 Å². The second-order valence-corrected chi connectivity index (χ2v) is 7.36. The van der Waals surface area contributed by atoms with Crippen LogP contribution in [0.15, 0.2) is 30.3 Å². The van der Waals surface area contributed by atoms with Crippen LogP contribution in [0, 0.1) is 0 Å². The third kappa shape index (κ3) is 5.09. The number of fused-ring (bicyclic) bond motifs is 1. The highest BCUT2D eigenvalue weighted by Crippen LogP contribution is 2.37. The Balaban J connectivity index is 0.00000261. The maximum absolute atomic E-state index is 12.5. The molecule has 3 rings (SSSR count). The Morgan fingerprint density at radius 1 is 1.22 bits per heavy atom. The number of thiophene rings is 1. The van der Waals surface area contributed by atoms with E-state index in [1.807, 2.05) is 30.3 Å². The van der Waals surface area contributed by atoms with Crippen molar-refractivity contribution in [2.75, 3.05) is 25.0 Å². The van der Waals surface area contributed by atoms with Gasteiger partial charge in [-0.3, -0.25) is 9.69 Å². The molecule has 0 spiro atoms. The lowest BCUT2D eigenvalue weighted by Crippen LogP contribution is -2.30. The number of esters is 1. The number of nitrogens with one attached hydrogen (secondary N) is 1. The fourth-order valence-corrected chi connectivity index (χ4v) is 4.48. The molecular formula is C20H25ClN2O3S. The van der Waals surface area contributed by atoms with E-state index in [9.17, 15) is 9.59 Å². The molecule has 0 atom stereocenters. The number of amides is 1. The number of likely N-dealkylation sites (N-methyl/N-ethyl adjacent to an activating group) is 1. The lowest BCUT2D eigenvalue weighted by molar-refractivity contribution is -0.115. The van der Waals surface area contributed by atoms with Crippen molar-refractivity contribution < 1.29 is 14.3 Å². The molecule has 0 bridgehead atoms. The van der Waals surface area contributed by atoms with Gasteiger partial charge in [0.05, 0.1) is 18.6 Å². The molecule has 0 unspecified atom stereocenters. The monoisotopic (exact) mass is 408 g/mol. The van der Waals surface area contributed by atoms with Crippen LogP contribution in [0.1, 0.15) is 40.2 Å². The minimum Gasteiger partial charge on any atom is -0.462 e. The fourth-order valence-electron chi connectivity index (χ4n) is 3.19. The van der Waals surface area contributed by atoms with Gasteiger partial charge in [0.1, 0.15) is 5.00 Å². The van der Waals surface area contributed by atoms with Crippen molar-refractivity contribution in [3.8, 4) is 0 Å². The van der Waals surface area contributed by atoms with Crippen LogP contribution in [0.5, 0.6) is 0 Å². The van der Waals surface area contributed by atoms with Crippen molar-refractivity contribution in [3.05, 3.63) is 51.9 Å². The predicted molar refractivity (Wildman–Crippen MR) is 111 cm³/mol. The average molecular weight is 409 g/mol. The predicted octanol–water partition coefficient (Wildman–Crippen LogP) is 3.91. The fraction of sp³-hybridized carbons (Fsp3) is 0.400. The summed E-state index contributed by atoms with van der Waals surface area (Å²) in [6.45, 7) is 6.96. The maximum Gasteiger partial charge on any atom is 0.341 e. The van der Waals surface area contributed by atoms with E-state index in [2.05, 4.69) is 17.1 Å². The molecule has 0 saturated heterocycles. The van der Waals surface area contributed by atoms with Gasteiger partial charge >= 0.3 is 5.97 Å². The van der Waals surface area contributed by atoms with E-state index in [4.69, 9.17) is 4.74 Å². The first kappa shape index (κ1) is 21.4. The van der Waals surface area contributed by atoms with Crippen molar-refractivity contribution in [2.24, 2.45) is 0 Å². The molecule has 2 heterocycles. The van der Waals surface area contributed by atoms with Crippen LogP contribution in [0.2, 0.25) is 0 Å². The van der Waals surface area contributed by atoms with Crippen LogP contribution in [0.4, 0.5) is 5.00 Å². The number of ether oxygens (including phenoxy) is 1. The van der Waals surface area contributed by atoms with E-state index in [1.54, 1.807) is 6.92 Å². The molecular weight excluding hydrogens is 384 g/mol. The molecule has 0 radical (unpaired) electrons. The number of benzene rings is 1. The van der Waals surface area contributed by atoms with Gasteiger partial charge < -0.3 is 10.1 Å². The summed E-state index contributed by atoms with van der Waals surface area (Å²) in [5.74, 6) is -0.461. The van der Waals surface area contributed by atoms with Crippen molar-refractivity contribution in [2.45, 2.75) is 33.2 Å². The van der Waals surface area contributed by atoms with E-state index in [-0.39, 0.29) is 30.7 Å². The van der Waals surface area contributed by atoms with Gasteiger partial charge in [0, 0.05) is 18.0 Å². The zero-order valence-corrected chi connectivity index (χ0v) is 17.3. The van der Waals surface area contributed by atoms with E-state index in [0.717, 1.165) is 42.1 Å². The average Bonchev–Trinajstić information content (AvgIpc) is 2.99. The molecule has 1 aromatic heterocycles. The summed E-state index contributed by atoms with van der Waals surface area (Å²) in [6, 6.07) is 9.59. The van der Waals surface area contributed by atoms with E-state index < -0.39 is 0 Å². The normalized spacial score (nSPS) is 13.4. The number of hydrogen-bond acceptors (Lipinski definition) is 5. The zero-order valence-electron chi connectivity index (χ0n) is 15.6. The van der Waals surface area contributed by atoms with Gasteiger partial charge in [0.15, 0.2) is 0 Å². The third-order valence-corrected chi connectivity index (χ3v) is 5.66. The Morgan fingerprint density at radius 2 is 1.96 bits per heavy atom. The number of carbonyl (C=O) groups is 2. The molecule has 0 saturated carbocycles. The molecule has 5 nitrogen and oxygen atoms in total. The van der Waals surface area contributed by atoms with Gasteiger partial charge in [-0.25, -0.2) is 4.79 Å². The van der Waals surface area contributed by atoms with Gasteiger partial charge in [0.2, 0.25) is 5.91 Å². The smallest absolute Gasteiger partial charge is 0.341 e. The number of anilines is 1. The molecule has 1 aliphatic heterocycles. The molecule has 7 heteroatoms. The highest BCUT2D eigenvalue weighted by atomic mass is 35.5. The molecule has 1 aliphatic rings. The largest absolute Gasteiger partial charge is 0.462 e. The second-order valence-electron chi connectivity index (χ2n) is 6.26. The number of rotatable bonds is 6. The summed E-state index contributed by atoms with van der Waals surface area (Å²) in [5.41, 5.74) is 2.53. The number of carbonyl (C=O) groups excluding carboxylic acids is 2. The SMILES string of the molecule is CCOC(=O)c1c(NC(=O)Cc2ccccc2)sc2c1CCN(CC)C2.Cl. The van der Waals surface area contributed by atoms with Crippen LogP contribution in [0.25, 0.3) is 0 Å². The minimum absolute atomic E-state index is 0. The summed E-state index contributed by atoms with van der Waals surface area (Å²) >= 11 is 1.50. The molecule has 1 aromatic carbocycles. The highest BCUT2D eigenvalue weighted by molar-refractivity contribution is 7.17. The Hall–Kier alpha value is -1.89. The number of halogens is 1. The molecule has 1 N–H and O–H groups in total. The van der Waals surface area contributed by atoms with Crippen LogP contribution in [0.3, 0.4) is 0 Å². The summed E-state index contributed by atoms with van der Waals surface area (Å²) in [5, 5.41) is 3.57. The lowest BCUT2D eigenvalue weighted by Gasteiger charge is -2.25. The first-order valence-electron chi connectivity index (χ1n) is 9.00. The Labute approximate surface area is 170 Å². The Kier molecular flexibility index (Phi) is 7.83. The minimum atomic E-state index is -0.343. The summed E-state index contributed by atoms with van der Waals surface area (Å²) in [7, 11) is 0. The van der Waals surface area contributed by atoms with Crippen LogP contribution < -0.4 is 5.32 Å². The maximum atomic E-state index is 12.5. The van der Waals surface area contributed by atoms with E-state index in [1.165, 1.54) is 11.3 Å². The van der Waals surface area contributed by atoms with E-state index in [0.29, 0.717) is 17.2 Å². The molecule has 1 amide bonds. The van der Waals surface area contributed by atoms with Gasteiger partial charge in [-0.15, -0.1) is 23.7 Å². The van der Waals surface area contributed by atoms with Gasteiger partial charge in [0.25, 0.3) is 0 Å². The topological polar surface area (TPSA) is 58.6 Å². The first-order valence-corrected chi connectivity index (χ1v) is 9.81. The zero-order chi connectivity index (χ0) is 18.5. The van der Waals surface area contributed by atoms with Gasteiger partial charge in [-0.1, -0.05) is 37.3 Å². The van der Waals surface area contributed by atoms with Crippen molar-refractivity contribution >= 4 is 40.6 Å². The summed E-state index contributed by atoms with van der Waals surface area (Å²) < 4.78 is 5.25. The van der Waals surface area contributed by atoms with Crippen molar-refractivity contribution in [3.63, 3.8) is 0 Å². The molecule has 146 valence electrons. The molecule has 27 heavy (non-hydrogen) atoms.